The van der Waals surface area contributed by atoms with Gasteiger partial charge in [-0.2, -0.15) is 0 Å². The molecular weight excluding hydrogens is 561 g/mol. The maximum absolute atomic E-state index is 13.8. The van der Waals surface area contributed by atoms with Gasteiger partial charge in [-0.05, 0) is 42.7 Å². The molecule has 2 fully saturated rings. The number of piperazine rings is 1. The molecule has 0 radical (unpaired) electrons. The molecule has 1 atom stereocenters. The number of benzene rings is 2. The Labute approximate surface area is 253 Å². The number of nitrogens with zero attached hydrogens (tertiary/aromatic N) is 3. The molecule has 1 aliphatic heterocycles. The molecule has 8 nitrogen and oxygen atoms in total. The number of anilines is 1. The maximum atomic E-state index is 13.8. The summed E-state index contributed by atoms with van der Waals surface area (Å²) in [7, 11) is 0. The van der Waals surface area contributed by atoms with Gasteiger partial charge < -0.3 is 20.9 Å². The van der Waals surface area contributed by atoms with E-state index in [0.717, 1.165) is 36.9 Å². The molecule has 2 aromatic carbocycles. The summed E-state index contributed by atoms with van der Waals surface area (Å²) in [5.41, 5.74) is 7.10. The zero-order valence-corrected chi connectivity index (χ0v) is 25.3. The van der Waals surface area contributed by atoms with E-state index in [1.54, 1.807) is 25.1 Å². The van der Waals surface area contributed by atoms with Crippen molar-refractivity contribution in [3.8, 4) is 0 Å². The van der Waals surface area contributed by atoms with Gasteiger partial charge >= 0.3 is 0 Å². The minimum atomic E-state index is -0.755. The molecule has 0 bridgehead atoms. The van der Waals surface area contributed by atoms with Crippen molar-refractivity contribution in [2.45, 2.75) is 63.5 Å². The van der Waals surface area contributed by atoms with E-state index in [1.807, 2.05) is 40.1 Å². The Kier molecular flexibility index (Phi) is 11.1. The highest BCUT2D eigenvalue weighted by atomic mass is 35.5. The molecule has 222 valence electrons. The Balaban J connectivity index is 1.48. The normalized spacial score (nSPS) is 18.0. The van der Waals surface area contributed by atoms with Crippen molar-refractivity contribution in [1.82, 2.24) is 15.1 Å². The lowest BCUT2D eigenvalue weighted by Crippen LogP contribution is -2.64. The number of hydrogen-bond donors (Lipinski definition) is 2. The van der Waals surface area contributed by atoms with E-state index < -0.39 is 6.04 Å². The van der Waals surface area contributed by atoms with Gasteiger partial charge in [-0.25, -0.2) is 0 Å². The molecule has 3 amide bonds. The summed E-state index contributed by atoms with van der Waals surface area (Å²) in [6, 6.07) is 14.3. The predicted octanol–water partition coefficient (Wildman–Crippen LogP) is 4.27. The Hall–Kier alpha value is -2.65. The van der Waals surface area contributed by atoms with Crippen molar-refractivity contribution >= 4 is 46.6 Å². The number of amides is 3. The lowest BCUT2D eigenvalue weighted by atomic mass is 9.79. The molecule has 10 heteroatoms. The second-order valence-corrected chi connectivity index (χ2v) is 12.0. The summed E-state index contributed by atoms with van der Waals surface area (Å²) in [6.07, 6.45) is 5.88. The standard InChI is InChI=1S/C31H41Cl2N5O3/c1-23(39)38(26-8-4-2-5-9-26)22-31(13-6-3-7-14-31)37-18-16-36(17-19-37)30(41)28(35-29(40)12-15-34)20-24-10-11-25(32)21-27(24)33/h2,4-5,8-11,21,28H,3,6-7,12-20,22,34H2,1H3,(H,35,40). The van der Waals surface area contributed by atoms with Crippen LogP contribution in [-0.4, -0.2) is 78.4 Å². The maximum Gasteiger partial charge on any atom is 0.245 e. The molecule has 3 N–H and O–H groups in total. The SMILES string of the molecule is CC(=O)N(CC1(N2CCN(C(=O)C(Cc3ccc(Cl)cc3Cl)NC(=O)CCN)CC2)CCCCC1)c1ccccc1. The third kappa shape index (κ3) is 8.01. The molecule has 2 aromatic rings. The van der Waals surface area contributed by atoms with E-state index in [0.29, 0.717) is 42.8 Å². The second-order valence-electron chi connectivity index (χ2n) is 11.1. The zero-order valence-electron chi connectivity index (χ0n) is 23.8. The van der Waals surface area contributed by atoms with E-state index >= 15 is 0 Å². The monoisotopic (exact) mass is 601 g/mol. The van der Waals surface area contributed by atoms with Gasteiger partial charge in [0.25, 0.3) is 0 Å². The lowest BCUT2D eigenvalue weighted by molar-refractivity contribution is -0.139. The van der Waals surface area contributed by atoms with E-state index in [1.165, 1.54) is 6.42 Å². The summed E-state index contributed by atoms with van der Waals surface area (Å²) in [4.78, 5) is 45.3. The van der Waals surface area contributed by atoms with Crippen molar-refractivity contribution in [3.63, 3.8) is 0 Å². The number of carbonyl (C=O) groups excluding carboxylic acids is 3. The summed E-state index contributed by atoms with van der Waals surface area (Å²) in [5.74, 6) is -0.360. The Bertz CT molecular complexity index is 1200. The number of para-hydroxylation sites is 1. The van der Waals surface area contributed by atoms with Crippen molar-refractivity contribution in [2.75, 3.05) is 44.2 Å². The summed E-state index contributed by atoms with van der Waals surface area (Å²) in [6.45, 7) is 4.97. The van der Waals surface area contributed by atoms with Crippen LogP contribution in [0.3, 0.4) is 0 Å². The van der Waals surface area contributed by atoms with Crippen molar-refractivity contribution < 1.29 is 14.4 Å². The number of halogens is 2. The molecular formula is C31H41Cl2N5O3. The highest BCUT2D eigenvalue weighted by Gasteiger charge is 2.42. The Morgan fingerprint density at radius 2 is 1.68 bits per heavy atom. The molecule has 4 rings (SSSR count). The van der Waals surface area contributed by atoms with Crippen LogP contribution in [0.1, 0.15) is 51.0 Å². The molecule has 1 unspecified atom stereocenters. The molecule has 41 heavy (non-hydrogen) atoms. The number of hydrogen-bond acceptors (Lipinski definition) is 5. The van der Waals surface area contributed by atoms with Gasteiger partial charge in [0.15, 0.2) is 0 Å². The minimum absolute atomic E-state index is 0.0342. The molecule has 1 saturated heterocycles. The van der Waals surface area contributed by atoms with E-state index in [4.69, 9.17) is 28.9 Å². The first kappa shape index (κ1) is 31.3. The summed E-state index contributed by atoms with van der Waals surface area (Å²) < 4.78 is 0. The molecule has 1 heterocycles. The number of carbonyl (C=O) groups is 3. The van der Waals surface area contributed by atoms with Crippen LogP contribution < -0.4 is 16.0 Å². The van der Waals surface area contributed by atoms with Gasteiger partial charge in [-0.1, -0.05) is 66.7 Å². The molecule has 2 aliphatic rings. The van der Waals surface area contributed by atoms with Gasteiger partial charge in [0.05, 0.1) is 0 Å². The smallest absolute Gasteiger partial charge is 0.245 e. The lowest BCUT2D eigenvalue weighted by Gasteiger charge is -2.51. The van der Waals surface area contributed by atoms with Crippen LogP contribution in [0.5, 0.6) is 0 Å². The topological polar surface area (TPSA) is 99.0 Å². The first-order valence-corrected chi connectivity index (χ1v) is 15.3. The van der Waals surface area contributed by atoms with Crippen molar-refractivity contribution in [1.29, 1.82) is 0 Å². The van der Waals surface area contributed by atoms with Crippen molar-refractivity contribution in [3.05, 3.63) is 64.1 Å². The average Bonchev–Trinajstić information content (AvgIpc) is 2.97. The number of nitrogens with one attached hydrogen (secondary N) is 1. The first-order chi connectivity index (χ1) is 19.7. The molecule has 1 aliphatic carbocycles. The third-order valence-corrected chi connectivity index (χ3v) is 8.98. The van der Waals surface area contributed by atoms with Crippen LogP contribution in [0.4, 0.5) is 5.69 Å². The summed E-state index contributed by atoms with van der Waals surface area (Å²) >= 11 is 12.5. The summed E-state index contributed by atoms with van der Waals surface area (Å²) in [5, 5.41) is 3.85. The van der Waals surface area contributed by atoms with Crippen LogP contribution in [-0.2, 0) is 20.8 Å². The van der Waals surface area contributed by atoms with E-state index in [2.05, 4.69) is 10.2 Å². The average molecular weight is 603 g/mol. The van der Waals surface area contributed by atoms with Gasteiger partial charge in [0, 0.05) is 80.3 Å². The largest absolute Gasteiger partial charge is 0.344 e. The quantitative estimate of drug-likeness (QED) is 0.424. The fourth-order valence-corrected chi connectivity index (χ4v) is 6.68. The van der Waals surface area contributed by atoms with Crippen LogP contribution >= 0.6 is 23.2 Å². The van der Waals surface area contributed by atoms with E-state index in [9.17, 15) is 14.4 Å². The Morgan fingerprint density at radius 3 is 2.29 bits per heavy atom. The van der Waals surface area contributed by atoms with Gasteiger partial charge in [-0.15, -0.1) is 0 Å². The molecule has 0 spiro atoms. The minimum Gasteiger partial charge on any atom is -0.344 e. The van der Waals surface area contributed by atoms with Crippen LogP contribution in [0.2, 0.25) is 10.0 Å². The van der Waals surface area contributed by atoms with Gasteiger partial charge in [-0.3, -0.25) is 19.3 Å². The van der Waals surface area contributed by atoms with Crippen LogP contribution in [0.25, 0.3) is 0 Å². The van der Waals surface area contributed by atoms with Crippen LogP contribution in [0, 0.1) is 0 Å². The fourth-order valence-electron chi connectivity index (χ4n) is 6.20. The third-order valence-electron chi connectivity index (χ3n) is 8.39. The van der Waals surface area contributed by atoms with Crippen LogP contribution in [0.15, 0.2) is 48.5 Å². The fraction of sp³-hybridized carbons (Fsp3) is 0.516. The van der Waals surface area contributed by atoms with Gasteiger partial charge in [0.1, 0.15) is 6.04 Å². The molecule has 0 aromatic heterocycles. The number of rotatable bonds is 10. The van der Waals surface area contributed by atoms with Crippen molar-refractivity contribution in [2.24, 2.45) is 5.73 Å². The highest BCUT2D eigenvalue weighted by molar-refractivity contribution is 6.35. The number of nitrogens with two attached hydrogens (primary N) is 1. The molecule has 1 saturated carbocycles. The van der Waals surface area contributed by atoms with Gasteiger partial charge in [0.2, 0.25) is 17.7 Å². The highest BCUT2D eigenvalue weighted by Crippen LogP contribution is 2.36. The zero-order chi connectivity index (χ0) is 29.4. The predicted molar refractivity (Wildman–Crippen MR) is 164 cm³/mol. The second kappa shape index (κ2) is 14.5. The van der Waals surface area contributed by atoms with E-state index in [-0.39, 0.29) is 42.6 Å². The Morgan fingerprint density at radius 1 is 1.00 bits per heavy atom. The first-order valence-electron chi connectivity index (χ1n) is 14.5.